The molecule has 0 fully saturated rings. The topological polar surface area (TPSA) is 29.4 Å². The molecule has 0 spiro atoms. The average Bonchev–Trinajstić information content (AvgIpc) is 2.26. The molecule has 17 heavy (non-hydrogen) atoms. The maximum atomic E-state index is 12.8. The first-order valence-corrected chi connectivity index (χ1v) is 5.23. The van der Waals surface area contributed by atoms with Gasteiger partial charge in [-0.2, -0.15) is 13.2 Å². The van der Waals surface area contributed by atoms with Gasteiger partial charge in [-0.25, -0.2) is 0 Å². The minimum Gasteiger partial charge on any atom is -0.294 e. The van der Waals surface area contributed by atoms with Gasteiger partial charge in [-0.3, -0.25) is 9.79 Å². The van der Waals surface area contributed by atoms with Gasteiger partial charge in [-0.15, -0.1) is 0 Å². The lowest BCUT2D eigenvalue weighted by molar-refractivity contribution is -0.137. The van der Waals surface area contributed by atoms with Crippen molar-refractivity contribution < 1.29 is 18.0 Å². The van der Waals surface area contributed by atoms with Crippen molar-refractivity contribution in [2.45, 2.75) is 25.9 Å². The number of nitrogens with zero attached hydrogens (tertiary/aromatic N) is 1. The number of halogens is 3. The van der Waals surface area contributed by atoms with Gasteiger partial charge in [0.05, 0.1) is 11.3 Å². The Labute approximate surface area is 96.2 Å². The lowest BCUT2D eigenvalue weighted by Crippen LogP contribution is -2.16. The monoisotopic (exact) mass is 241 g/mol. The molecule has 0 aliphatic carbocycles. The Morgan fingerprint density at radius 3 is 2.65 bits per heavy atom. The van der Waals surface area contributed by atoms with Crippen LogP contribution < -0.4 is 0 Å². The first kappa shape index (κ1) is 11.8. The van der Waals surface area contributed by atoms with E-state index in [1.165, 1.54) is 12.1 Å². The third kappa shape index (κ3) is 2.09. The molecule has 90 valence electrons. The van der Waals surface area contributed by atoms with Crippen molar-refractivity contribution in [1.82, 2.24) is 0 Å². The van der Waals surface area contributed by atoms with Crippen LogP contribution in [0.2, 0.25) is 0 Å². The van der Waals surface area contributed by atoms with Crippen molar-refractivity contribution in [1.29, 1.82) is 0 Å². The number of para-hydroxylation sites is 1. The van der Waals surface area contributed by atoms with E-state index in [0.717, 1.165) is 6.07 Å². The number of rotatable bonds is 1. The molecule has 0 saturated carbocycles. The highest BCUT2D eigenvalue weighted by atomic mass is 19.4. The molecular formula is C12H10F3NO. The molecule has 1 aromatic rings. The van der Waals surface area contributed by atoms with Crippen molar-refractivity contribution in [2.75, 3.05) is 0 Å². The second-order valence-corrected chi connectivity index (χ2v) is 3.83. The van der Waals surface area contributed by atoms with E-state index in [1.807, 2.05) is 0 Å². The van der Waals surface area contributed by atoms with Crippen LogP contribution in [-0.4, -0.2) is 11.5 Å². The first-order chi connectivity index (χ1) is 7.93. The van der Waals surface area contributed by atoms with Gasteiger partial charge in [-0.1, -0.05) is 13.0 Å². The van der Waals surface area contributed by atoms with Crippen LogP contribution in [0.25, 0.3) is 0 Å². The summed E-state index contributed by atoms with van der Waals surface area (Å²) in [7, 11) is 0. The number of alkyl halides is 3. The molecule has 0 aromatic heterocycles. The highest BCUT2D eigenvalue weighted by Gasteiger charge is 2.36. The number of Topliss-reactive ketones (excluding diaryl/α,β-unsaturated/α-hetero) is 1. The molecule has 2 nitrogen and oxygen atoms in total. The summed E-state index contributed by atoms with van der Waals surface area (Å²) >= 11 is 0. The van der Waals surface area contributed by atoms with Gasteiger partial charge in [0.2, 0.25) is 0 Å². The minimum absolute atomic E-state index is 0.0667. The van der Waals surface area contributed by atoms with Crippen LogP contribution in [0.15, 0.2) is 23.2 Å². The zero-order valence-corrected chi connectivity index (χ0v) is 9.14. The Morgan fingerprint density at radius 2 is 2.06 bits per heavy atom. The molecule has 0 amide bonds. The molecule has 0 radical (unpaired) electrons. The van der Waals surface area contributed by atoms with Crippen LogP contribution in [0, 0.1) is 0 Å². The van der Waals surface area contributed by atoms with E-state index in [4.69, 9.17) is 0 Å². The summed E-state index contributed by atoms with van der Waals surface area (Å²) in [5.74, 6) is -0.294. The zero-order valence-electron chi connectivity index (χ0n) is 9.14. The van der Waals surface area contributed by atoms with E-state index in [-0.39, 0.29) is 23.5 Å². The van der Waals surface area contributed by atoms with Gasteiger partial charge in [0.1, 0.15) is 0 Å². The molecule has 5 heteroatoms. The smallest absolute Gasteiger partial charge is 0.294 e. The van der Waals surface area contributed by atoms with Gasteiger partial charge in [-0.05, 0) is 18.6 Å². The van der Waals surface area contributed by atoms with Crippen LogP contribution in [0.4, 0.5) is 18.9 Å². The predicted octanol–water partition coefficient (Wildman–Crippen LogP) is 3.77. The number of ketones is 1. The molecule has 1 aliphatic rings. The van der Waals surface area contributed by atoms with Crippen molar-refractivity contribution in [2.24, 2.45) is 4.99 Å². The van der Waals surface area contributed by atoms with Crippen LogP contribution in [0.3, 0.4) is 0 Å². The number of fused-ring (bicyclic) bond motifs is 1. The van der Waals surface area contributed by atoms with Crippen molar-refractivity contribution >= 4 is 17.2 Å². The van der Waals surface area contributed by atoms with E-state index in [1.54, 1.807) is 6.92 Å². The van der Waals surface area contributed by atoms with Crippen LogP contribution in [-0.2, 0) is 6.18 Å². The summed E-state index contributed by atoms with van der Waals surface area (Å²) in [5.41, 5.74) is -0.502. The number of benzene rings is 1. The fourth-order valence-corrected chi connectivity index (χ4v) is 1.80. The minimum atomic E-state index is -4.48. The van der Waals surface area contributed by atoms with E-state index in [0.29, 0.717) is 12.1 Å². The lowest BCUT2D eigenvalue weighted by atomic mass is 9.96. The maximum Gasteiger partial charge on any atom is 0.418 e. The summed E-state index contributed by atoms with van der Waals surface area (Å²) in [4.78, 5) is 15.6. The fourth-order valence-electron chi connectivity index (χ4n) is 1.80. The molecular weight excluding hydrogens is 231 g/mol. The number of aliphatic imine (C=N–C) groups is 1. The summed E-state index contributed by atoms with van der Waals surface area (Å²) in [6.45, 7) is 1.77. The number of carbonyl (C=O) groups excluding carboxylic acids is 1. The summed E-state index contributed by atoms with van der Waals surface area (Å²) in [6, 6.07) is 3.59. The molecule has 0 N–H and O–H groups in total. The molecule has 1 heterocycles. The second-order valence-electron chi connectivity index (χ2n) is 3.83. The average molecular weight is 241 g/mol. The van der Waals surface area contributed by atoms with Gasteiger partial charge < -0.3 is 0 Å². The molecule has 1 aliphatic heterocycles. The van der Waals surface area contributed by atoms with Gasteiger partial charge in [0.25, 0.3) is 0 Å². The second kappa shape index (κ2) is 3.98. The number of hydrogen-bond acceptors (Lipinski definition) is 2. The molecule has 0 saturated heterocycles. The maximum absolute atomic E-state index is 12.8. The number of carbonyl (C=O) groups is 1. The van der Waals surface area contributed by atoms with Gasteiger partial charge >= 0.3 is 6.18 Å². The molecule has 0 bridgehead atoms. The normalized spacial score (nSPS) is 15.5. The third-order valence-electron chi connectivity index (χ3n) is 2.68. The first-order valence-electron chi connectivity index (χ1n) is 5.23. The van der Waals surface area contributed by atoms with Crippen molar-refractivity contribution in [3.8, 4) is 0 Å². The SMILES string of the molecule is CCC1=Nc2c(cccc2C(F)(F)F)C(=O)C1. The van der Waals surface area contributed by atoms with Crippen LogP contribution in [0.5, 0.6) is 0 Å². The summed E-state index contributed by atoms with van der Waals surface area (Å²) in [6.07, 6.45) is -3.88. The van der Waals surface area contributed by atoms with E-state index < -0.39 is 11.7 Å². The standard InChI is InChI=1S/C12H10F3NO/c1-2-7-6-10(17)8-4-3-5-9(11(8)16-7)12(13,14)15/h3-5H,2,6H2,1H3. The third-order valence-corrected chi connectivity index (χ3v) is 2.68. The van der Waals surface area contributed by atoms with E-state index in [9.17, 15) is 18.0 Å². The Balaban J connectivity index is 2.66. The summed E-state index contributed by atoms with van der Waals surface area (Å²) < 4.78 is 38.3. The van der Waals surface area contributed by atoms with Crippen LogP contribution in [0.1, 0.15) is 35.7 Å². The fraction of sp³-hybridized carbons (Fsp3) is 0.333. The quantitative estimate of drug-likeness (QED) is 0.735. The largest absolute Gasteiger partial charge is 0.418 e. The van der Waals surface area contributed by atoms with Crippen molar-refractivity contribution in [3.05, 3.63) is 29.3 Å². The molecule has 2 rings (SSSR count). The highest BCUT2D eigenvalue weighted by molar-refractivity contribution is 6.16. The Hall–Kier alpha value is -1.65. The molecule has 0 atom stereocenters. The summed E-state index contributed by atoms with van der Waals surface area (Å²) in [5, 5.41) is 0. The molecule has 1 aromatic carbocycles. The van der Waals surface area contributed by atoms with Gasteiger partial charge in [0.15, 0.2) is 5.78 Å². The molecule has 0 unspecified atom stereocenters. The predicted molar refractivity (Wildman–Crippen MR) is 57.8 cm³/mol. The Bertz CT molecular complexity index is 503. The Morgan fingerprint density at radius 1 is 1.35 bits per heavy atom. The Kier molecular flexibility index (Phi) is 2.77. The number of hydrogen-bond donors (Lipinski definition) is 0. The van der Waals surface area contributed by atoms with Crippen LogP contribution >= 0.6 is 0 Å². The van der Waals surface area contributed by atoms with E-state index >= 15 is 0 Å². The highest BCUT2D eigenvalue weighted by Crippen LogP contribution is 2.40. The van der Waals surface area contributed by atoms with Crippen molar-refractivity contribution in [3.63, 3.8) is 0 Å². The lowest BCUT2D eigenvalue weighted by Gasteiger charge is -2.18. The van der Waals surface area contributed by atoms with E-state index in [2.05, 4.69) is 4.99 Å². The van der Waals surface area contributed by atoms with Gasteiger partial charge in [0, 0.05) is 17.7 Å². The zero-order chi connectivity index (χ0) is 12.6.